The molecule has 0 saturated heterocycles. The van der Waals surface area contributed by atoms with Gasteiger partial charge in [0.15, 0.2) is 5.60 Å². The number of rotatable bonds is 5. The van der Waals surface area contributed by atoms with Gasteiger partial charge in [-0.3, -0.25) is 14.6 Å². The van der Waals surface area contributed by atoms with E-state index in [0.717, 1.165) is 0 Å². The average molecular weight is 377 g/mol. The molecule has 0 spiro atoms. The lowest BCUT2D eigenvalue weighted by molar-refractivity contribution is -0.132. The molecule has 1 N–H and O–H groups in total. The van der Waals surface area contributed by atoms with Crippen LogP contribution in [0.4, 0.5) is 0 Å². The first-order valence-corrected chi connectivity index (χ1v) is 8.61. The summed E-state index contributed by atoms with van der Waals surface area (Å²) in [6, 6.07) is 18.4. The Morgan fingerprint density at radius 1 is 0.786 bits per heavy atom. The molecule has 0 aliphatic carbocycles. The van der Waals surface area contributed by atoms with Gasteiger partial charge in [0.05, 0.1) is 5.69 Å². The van der Waals surface area contributed by atoms with Gasteiger partial charge in [0.2, 0.25) is 0 Å². The Labute approximate surface area is 162 Å². The summed E-state index contributed by atoms with van der Waals surface area (Å²) in [4.78, 5) is 26.6. The van der Waals surface area contributed by atoms with Crippen LogP contribution in [0.5, 0.6) is 11.5 Å². The number of carbonyl (C=O) groups excluding carboxylic acids is 2. The normalized spacial score (nSPS) is 11.0. The Hall–Kier alpha value is -3.51. The molecule has 0 aliphatic rings. The Kier molecular flexibility index (Phi) is 5.52. The number of hydrogen-bond acceptors (Lipinski definition) is 6. The van der Waals surface area contributed by atoms with Crippen molar-refractivity contribution in [2.75, 3.05) is 0 Å². The first kappa shape index (κ1) is 19.3. The van der Waals surface area contributed by atoms with Gasteiger partial charge in [0.25, 0.3) is 0 Å². The van der Waals surface area contributed by atoms with Crippen LogP contribution in [0.1, 0.15) is 30.7 Å². The van der Waals surface area contributed by atoms with Crippen molar-refractivity contribution in [3.63, 3.8) is 0 Å². The second kappa shape index (κ2) is 8.02. The van der Waals surface area contributed by atoms with Crippen LogP contribution in [0.25, 0.3) is 0 Å². The Bertz CT molecular complexity index is 907. The maximum absolute atomic E-state index is 11.7. The number of aliphatic hydroxyl groups is 1. The maximum Gasteiger partial charge on any atom is 0.308 e. The van der Waals surface area contributed by atoms with E-state index >= 15 is 0 Å². The maximum atomic E-state index is 11.7. The summed E-state index contributed by atoms with van der Waals surface area (Å²) in [5.74, 6) is -0.0859. The van der Waals surface area contributed by atoms with Gasteiger partial charge >= 0.3 is 11.9 Å². The third-order valence-electron chi connectivity index (χ3n) is 4.10. The second-order valence-corrected chi connectivity index (χ2v) is 6.16. The van der Waals surface area contributed by atoms with Crippen molar-refractivity contribution in [2.24, 2.45) is 0 Å². The summed E-state index contributed by atoms with van der Waals surface area (Å²) in [6.07, 6.45) is 1.60. The van der Waals surface area contributed by atoms with E-state index in [9.17, 15) is 14.7 Å². The van der Waals surface area contributed by atoms with Gasteiger partial charge < -0.3 is 14.6 Å². The summed E-state index contributed by atoms with van der Waals surface area (Å²) >= 11 is 0. The molecule has 0 aliphatic heterocycles. The van der Waals surface area contributed by atoms with E-state index in [0.29, 0.717) is 28.3 Å². The molecule has 0 fully saturated rings. The summed E-state index contributed by atoms with van der Waals surface area (Å²) in [5, 5.41) is 11.7. The number of carbonyl (C=O) groups is 2. The molecule has 0 radical (unpaired) electrons. The van der Waals surface area contributed by atoms with Gasteiger partial charge in [-0.25, -0.2) is 0 Å². The minimum Gasteiger partial charge on any atom is -0.427 e. The summed E-state index contributed by atoms with van der Waals surface area (Å²) in [6.45, 7) is 2.64. The molecule has 0 unspecified atom stereocenters. The lowest BCUT2D eigenvalue weighted by atomic mass is 9.83. The molecular formula is C22H19NO5. The van der Waals surface area contributed by atoms with Crippen LogP contribution in [-0.2, 0) is 15.2 Å². The standard InChI is InChI=1S/C22H19NO5/c1-15(24)27-19-10-6-17(7-11-19)22(26,21-5-3-4-14-23-21)18-8-12-20(13-9-18)28-16(2)25/h3-14,26H,1-2H3. The van der Waals surface area contributed by atoms with Crippen LogP contribution in [0.2, 0.25) is 0 Å². The summed E-state index contributed by atoms with van der Waals surface area (Å²) < 4.78 is 10.1. The Morgan fingerprint density at radius 3 is 1.61 bits per heavy atom. The van der Waals surface area contributed by atoms with Gasteiger partial charge in [-0.2, -0.15) is 0 Å². The second-order valence-electron chi connectivity index (χ2n) is 6.16. The number of pyridine rings is 1. The van der Waals surface area contributed by atoms with Gasteiger partial charge in [0.1, 0.15) is 11.5 Å². The molecule has 3 aromatic rings. The lowest BCUT2D eigenvalue weighted by Gasteiger charge is -2.29. The SMILES string of the molecule is CC(=O)Oc1ccc(C(O)(c2ccc(OC(C)=O)cc2)c2ccccn2)cc1. The molecule has 142 valence electrons. The molecule has 6 heteroatoms. The van der Waals surface area contributed by atoms with E-state index < -0.39 is 17.5 Å². The van der Waals surface area contributed by atoms with E-state index in [1.54, 1.807) is 72.9 Å². The van der Waals surface area contributed by atoms with Crippen LogP contribution in [0, 0.1) is 0 Å². The van der Waals surface area contributed by atoms with Gasteiger partial charge in [-0.1, -0.05) is 30.3 Å². The lowest BCUT2D eigenvalue weighted by Crippen LogP contribution is -2.30. The number of ether oxygens (including phenoxy) is 2. The van der Waals surface area contributed by atoms with Crippen LogP contribution in [0.15, 0.2) is 72.9 Å². The number of aromatic nitrogens is 1. The zero-order valence-corrected chi connectivity index (χ0v) is 15.5. The topological polar surface area (TPSA) is 85.7 Å². The summed E-state index contributed by atoms with van der Waals surface area (Å²) in [7, 11) is 0. The van der Waals surface area contributed by atoms with Gasteiger partial charge in [-0.15, -0.1) is 0 Å². The van der Waals surface area contributed by atoms with Crippen LogP contribution in [0.3, 0.4) is 0 Å². The zero-order chi connectivity index (χ0) is 20.1. The van der Waals surface area contributed by atoms with E-state index in [-0.39, 0.29) is 0 Å². The molecule has 0 saturated carbocycles. The number of nitrogens with zero attached hydrogens (tertiary/aromatic N) is 1. The van der Waals surface area contributed by atoms with Crippen molar-refractivity contribution in [1.82, 2.24) is 4.98 Å². The smallest absolute Gasteiger partial charge is 0.308 e. The Morgan fingerprint density at radius 2 is 1.25 bits per heavy atom. The van der Waals surface area contributed by atoms with Crippen molar-refractivity contribution in [3.8, 4) is 11.5 Å². The molecule has 3 rings (SSSR count). The highest BCUT2D eigenvalue weighted by Gasteiger charge is 2.35. The first-order valence-electron chi connectivity index (χ1n) is 8.61. The fourth-order valence-electron chi connectivity index (χ4n) is 2.90. The molecule has 28 heavy (non-hydrogen) atoms. The fourth-order valence-corrected chi connectivity index (χ4v) is 2.90. The molecule has 6 nitrogen and oxygen atoms in total. The van der Waals surface area contributed by atoms with Crippen molar-refractivity contribution in [1.29, 1.82) is 0 Å². The molecule has 1 heterocycles. The molecule has 0 atom stereocenters. The van der Waals surface area contributed by atoms with Crippen LogP contribution >= 0.6 is 0 Å². The highest BCUT2D eigenvalue weighted by atomic mass is 16.5. The number of benzene rings is 2. The first-order chi connectivity index (χ1) is 13.4. The minimum absolute atomic E-state index is 0.379. The predicted molar refractivity (Wildman–Crippen MR) is 102 cm³/mol. The highest BCUT2D eigenvalue weighted by molar-refractivity contribution is 5.69. The van der Waals surface area contributed by atoms with Crippen LogP contribution < -0.4 is 9.47 Å². The third-order valence-corrected chi connectivity index (χ3v) is 4.10. The quantitative estimate of drug-likeness (QED) is 0.543. The van der Waals surface area contributed by atoms with Crippen molar-refractivity contribution in [3.05, 3.63) is 89.7 Å². The molecule has 0 amide bonds. The third kappa shape index (κ3) is 4.07. The van der Waals surface area contributed by atoms with E-state index in [4.69, 9.17) is 9.47 Å². The van der Waals surface area contributed by atoms with Crippen LogP contribution in [-0.4, -0.2) is 22.0 Å². The molecule has 0 bridgehead atoms. The van der Waals surface area contributed by atoms with Gasteiger partial charge in [-0.05, 0) is 47.5 Å². The average Bonchev–Trinajstić information content (AvgIpc) is 2.68. The monoisotopic (exact) mass is 377 g/mol. The zero-order valence-electron chi connectivity index (χ0n) is 15.5. The van der Waals surface area contributed by atoms with E-state index in [1.807, 2.05) is 0 Å². The largest absolute Gasteiger partial charge is 0.427 e. The number of esters is 2. The highest BCUT2D eigenvalue weighted by Crippen LogP contribution is 2.36. The van der Waals surface area contributed by atoms with Crippen molar-refractivity contribution in [2.45, 2.75) is 19.4 Å². The molecule has 1 aromatic heterocycles. The Balaban J connectivity index is 2.06. The van der Waals surface area contributed by atoms with Gasteiger partial charge in [0, 0.05) is 20.0 Å². The predicted octanol–water partition coefficient (Wildman–Crippen LogP) is 3.22. The molecular weight excluding hydrogens is 358 g/mol. The van der Waals surface area contributed by atoms with E-state index in [1.165, 1.54) is 13.8 Å². The molecule has 2 aromatic carbocycles. The summed E-state index contributed by atoms with van der Waals surface area (Å²) in [5.41, 5.74) is -0.0368. The number of hydrogen-bond donors (Lipinski definition) is 1. The van der Waals surface area contributed by atoms with Crippen molar-refractivity contribution >= 4 is 11.9 Å². The minimum atomic E-state index is -1.55. The fraction of sp³-hybridized carbons (Fsp3) is 0.136. The van der Waals surface area contributed by atoms with Crippen molar-refractivity contribution < 1.29 is 24.2 Å². The van der Waals surface area contributed by atoms with E-state index in [2.05, 4.69) is 4.98 Å².